The number of urea groups is 1. The molecule has 3 fully saturated rings. The van der Waals surface area contributed by atoms with Crippen molar-refractivity contribution in [2.45, 2.75) is 19.3 Å². The topological polar surface area (TPSA) is 73.0 Å². The van der Waals surface area contributed by atoms with Crippen LogP contribution in [0.1, 0.15) is 19.3 Å². The molecule has 4 amide bonds. The van der Waals surface area contributed by atoms with Crippen molar-refractivity contribution in [2.24, 2.45) is 11.8 Å². The van der Waals surface area contributed by atoms with Crippen LogP contribution in [0.3, 0.4) is 0 Å². The standard InChI is InChI=1S/C20H25FN4O3/c21-16-3-5-17(6-4-16)22-20(28)24-9-7-23(8-10-24)19(27)15-11-18(26)25(13-15)12-14-1-2-14/h3-6,14-15H,1-2,7-13H2,(H,22,28)/t15-/m1/s1. The zero-order valence-electron chi connectivity index (χ0n) is 15.8. The first-order valence-electron chi connectivity index (χ1n) is 9.87. The molecule has 0 radical (unpaired) electrons. The Morgan fingerprint density at radius 3 is 2.32 bits per heavy atom. The highest BCUT2D eigenvalue weighted by Crippen LogP contribution is 2.32. The monoisotopic (exact) mass is 388 g/mol. The molecule has 3 aliphatic rings. The van der Waals surface area contributed by atoms with E-state index in [0.29, 0.717) is 50.7 Å². The molecular weight excluding hydrogens is 363 g/mol. The molecule has 0 bridgehead atoms. The summed E-state index contributed by atoms with van der Waals surface area (Å²) in [5, 5.41) is 2.74. The zero-order valence-corrected chi connectivity index (χ0v) is 15.8. The first-order valence-corrected chi connectivity index (χ1v) is 9.87. The van der Waals surface area contributed by atoms with Gasteiger partial charge in [-0.1, -0.05) is 0 Å². The minimum Gasteiger partial charge on any atom is -0.342 e. The van der Waals surface area contributed by atoms with Gasteiger partial charge in [0.25, 0.3) is 0 Å². The summed E-state index contributed by atoms with van der Waals surface area (Å²) in [4.78, 5) is 42.5. The lowest BCUT2D eigenvalue weighted by Crippen LogP contribution is -2.53. The Labute approximate surface area is 163 Å². The molecule has 150 valence electrons. The summed E-state index contributed by atoms with van der Waals surface area (Å²) in [6, 6.07) is 5.35. The van der Waals surface area contributed by atoms with Crippen LogP contribution in [0.15, 0.2) is 24.3 Å². The average molecular weight is 388 g/mol. The smallest absolute Gasteiger partial charge is 0.321 e. The number of amides is 4. The van der Waals surface area contributed by atoms with Gasteiger partial charge in [0.15, 0.2) is 0 Å². The molecule has 0 spiro atoms. The third kappa shape index (κ3) is 4.26. The molecular formula is C20H25FN4O3. The second-order valence-electron chi connectivity index (χ2n) is 7.89. The number of rotatable bonds is 4. The zero-order chi connectivity index (χ0) is 19.7. The van der Waals surface area contributed by atoms with E-state index in [1.807, 2.05) is 4.90 Å². The van der Waals surface area contributed by atoms with Gasteiger partial charge >= 0.3 is 6.03 Å². The van der Waals surface area contributed by atoms with Crippen LogP contribution in [0, 0.1) is 17.7 Å². The van der Waals surface area contributed by atoms with Crippen molar-refractivity contribution in [3.63, 3.8) is 0 Å². The normalized spacial score (nSPS) is 22.5. The van der Waals surface area contributed by atoms with Gasteiger partial charge in [-0.3, -0.25) is 9.59 Å². The van der Waals surface area contributed by atoms with Gasteiger partial charge in [0.1, 0.15) is 5.82 Å². The summed E-state index contributed by atoms with van der Waals surface area (Å²) in [5.41, 5.74) is 0.533. The first kappa shape index (κ1) is 18.7. The molecule has 1 atom stereocenters. The number of nitrogens with one attached hydrogen (secondary N) is 1. The Hall–Kier alpha value is -2.64. The van der Waals surface area contributed by atoms with E-state index in [0.717, 1.165) is 6.54 Å². The number of hydrogen-bond acceptors (Lipinski definition) is 3. The van der Waals surface area contributed by atoms with Gasteiger partial charge in [0, 0.05) is 51.4 Å². The van der Waals surface area contributed by atoms with Crippen molar-refractivity contribution >= 4 is 23.5 Å². The van der Waals surface area contributed by atoms with E-state index in [1.165, 1.54) is 37.1 Å². The average Bonchev–Trinajstić information content (AvgIpc) is 3.44. The maximum atomic E-state index is 13.0. The Morgan fingerprint density at radius 1 is 1.04 bits per heavy atom. The van der Waals surface area contributed by atoms with Crippen molar-refractivity contribution in [3.05, 3.63) is 30.1 Å². The van der Waals surface area contributed by atoms with Crippen LogP contribution in [-0.2, 0) is 9.59 Å². The number of anilines is 1. The van der Waals surface area contributed by atoms with E-state index >= 15 is 0 Å². The van der Waals surface area contributed by atoms with Crippen molar-refractivity contribution in [1.29, 1.82) is 0 Å². The number of likely N-dealkylation sites (tertiary alicyclic amines) is 1. The highest BCUT2D eigenvalue weighted by Gasteiger charge is 2.39. The first-order chi connectivity index (χ1) is 13.5. The van der Waals surface area contributed by atoms with Crippen molar-refractivity contribution in [2.75, 3.05) is 44.6 Å². The van der Waals surface area contributed by atoms with Crippen LogP contribution >= 0.6 is 0 Å². The number of carbonyl (C=O) groups excluding carboxylic acids is 3. The van der Waals surface area contributed by atoms with Gasteiger partial charge < -0.3 is 20.0 Å². The summed E-state index contributed by atoms with van der Waals surface area (Å²) in [7, 11) is 0. The SMILES string of the molecule is O=C1C[C@@H](C(=O)N2CCN(C(=O)Nc3ccc(F)cc3)CC2)CN1CC1CC1. The lowest BCUT2D eigenvalue weighted by atomic mass is 10.1. The quantitative estimate of drug-likeness (QED) is 0.854. The van der Waals surface area contributed by atoms with Crippen LogP contribution in [0.2, 0.25) is 0 Å². The summed E-state index contributed by atoms with van der Waals surface area (Å²) >= 11 is 0. The van der Waals surface area contributed by atoms with Crippen LogP contribution in [-0.4, -0.2) is 71.8 Å². The molecule has 2 saturated heterocycles. The minimum absolute atomic E-state index is 0.0187. The highest BCUT2D eigenvalue weighted by atomic mass is 19.1. The summed E-state index contributed by atoms with van der Waals surface area (Å²) in [6.45, 7) is 3.11. The fourth-order valence-electron chi connectivity index (χ4n) is 3.85. The van der Waals surface area contributed by atoms with Crippen LogP contribution in [0.5, 0.6) is 0 Å². The molecule has 7 nitrogen and oxygen atoms in total. The van der Waals surface area contributed by atoms with E-state index in [4.69, 9.17) is 0 Å². The summed E-state index contributed by atoms with van der Waals surface area (Å²) in [5.74, 6) is 0.117. The molecule has 2 aliphatic heterocycles. The van der Waals surface area contributed by atoms with Gasteiger partial charge in [0.2, 0.25) is 11.8 Å². The molecule has 2 heterocycles. The van der Waals surface area contributed by atoms with E-state index < -0.39 is 0 Å². The molecule has 28 heavy (non-hydrogen) atoms. The third-order valence-corrected chi connectivity index (χ3v) is 5.71. The number of carbonyl (C=O) groups is 3. The number of benzene rings is 1. The Bertz CT molecular complexity index is 757. The van der Waals surface area contributed by atoms with Gasteiger partial charge in [-0.05, 0) is 43.0 Å². The predicted octanol–water partition coefficient (Wildman–Crippen LogP) is 1.76. The highest BCUT2D eigenvalue weighted by molar-refractivity contribution is 5.91. The van der Waals surface area contributed by atoms with Crippen LogP contribution in [0.25, 0.3) is 0 Å². The van der Waals surface area contributed by atoms with Crippen molar-refractivity contribution in [3.8, 4) is 0 Å². The molecule has 4 rings (SSSR count). The maximum absolute atomic E-state index is 13.0. The van der Waals surface area contributed by atoms with Gasteiger partial charge in [-0.2, -0.15) is 0 Å². The molecule has 1 aromatic rings. The molecule has 0 unspecified atom stereocenters. The molecule has 1 saturated carbocycles. The molecule has 1 N–H and O–H groups in total. The maximum Gasteiger partial charge on any atom is 0.321 e. The van der Waals surface area contributed by atoms with Gasteiger partial charge in [-0.25, -0.2) is 9.18 Å². The van der Waals surface area contributed by atoms with Crippen molar-refractivity contribution < 1.29 is 18.8 Å². The number of hydrogen-bond donors (Lipinski definition) is 1. The molecule has 1 aromatic carbocycles. The van der Waals surface area contributed by atoms with E-state index in [9.17, 15) is 18.8 Å². The number of halogens is 1. The van der Waals surface area contributed by atoms with Gasteiger partial charge in [0.05, 0.1) is 5.92 Å². The van der Waals surface area contributed by atoms with Crippen LogP contribution < -0.4 is 5.32 Å². The Kier molecular flexibility index (Phi) is 5.19. The van der Waals surface area contributed by atoms with E-state index in [2.05, 4.69) is 5.32 Å². The fourth-order valence-corrected chi connectivity index (χ4v) is 3.85. The van der Waals surface area contributed by atoms with Crippen LogP contribution in [0.4, 0.5) is 14.9 Å². The largest absolute Gasteiger partial charge is 0.342 e. The lowest BCUT2D eigenvalue weighted by molar-refractivity contribution is -0.137. The Balaban J connectivity index is 1.25. The number of piperazine rings is 1. The summed E-state index contributed by atoms with van der Waals surface area (Å²) < 4.78 is 13.0. The summed E-state index contributed by atoms with van der Waals surface area (Å²) in [6.07, 6.45) is 2.67. The Morgan fingerprint density at radius 2 is 1.68 bits per heavy atom. The number of nitrogens with zero attached hydrogens (tertiary/aromatic N) is 3. The minimum atomic E-state index is -0.355. The van der Waals surface area contributed by atoms with E-state index in [-0.39, 0.29) is 29.6 Å². The molecule has 1 aliphatic carbocycles. The van der Waals surface area contributed by atoms with Gasteiger partial charge in [-0.15, -0.1) is 0 Å². The second-order valence-corrected chi connectivity index (χ2v) is 7.89. The molecule has 0 aromatic heterocycles. The molecule has 8 heteroatoms. The lowest BCUT2D eigenvalue weighted by Gasteiger charge is -2.35. The van der Waals surface area contributed by atoms with E-state index in [1.54, 1.807) is 9.80 Å². The third-order valence-electron chi connectivity index (χ3n) is 5.71. The fraction of sp³-hybridized carbons (Fsp3) is 0.550. The second kappa shape index (κ2) is 7.77. The van der Waals surface area contributed by atoms with Crippen molar-refractivity contribution in [1.82, 2.24) is 14.7 Å². The predicted molar refractivity (Wildman–Crippen MR) is 101 cm³/mol.